The van der Waals surface area contributed by atoms with Crippen molar-refractivity contribution in [2.75, 3.05) is 12.4 Å². The third kappa shape index (κ3) is 3.58. The predicted molar refractivity (Wildman–Crippen MR) is 104 cm³/mol. The number of benzene rings is 1. The van der Waals surface area contributed by atoms with Gasteiger partial charge in [-0.15, -0.1) is 0 Å². The van der Waals surface area contributed by atoms with Gasteiger partial charge in [-0.1, -0.05) is 29.8 Å². The molecule has 1 N–H and O–H groups in total. The van der Waals surface area contributed by atoms with Crippen LogP contribution in [0.2, 0.25) is 5.02 Å². The van der Waals surface area contributed by atoms with Gasteiger partial charge in [0.25, 0.3) is 0 Å². The van der Waals surface area contributed by atoms with Crippen LogP contribution >= 0.6 is 11.6 Å². The van der Waals surface area contributed by atoms with E-state index in [4.69, 9.17) is 16.3 Å². The molecule has 1 aromatic carbocycles. The summed E-state index contributed by atoms with van der Waals surface area (Å²) in [4.78, 5) is 13.1. The molecule has 0 amide bonds. The van der Waals surface area contributed by atoms with E-state index in [0.717, 1.165) is 11.3 Å². The standard InChI is InChI=1S/C19H15ClN6O/c1-27-16-7-3-2-6-15(16)24-19-22-11-14(20)18(25-19)13-10-23-26(12-13)17-8-4-5-9-21-17/h2-12H,1H3,(H,22,24,25). The maximum Gasteiger partial charge on any atom is 0.227 e. The van der Waals surface area contributed by atoms with Gasteiger partial charge >= 0.3 is 0 Å². The molecule has 0 atom stereocenters. The van der Waals surface area contributed by atoms with Crippen LogP contribution in [0.1, 0.15) is 0 Å². The average molecular weight is 379 g/mol. The maximum atomic E-state index is 6.32. The second-order valence-corrected chi connectivity index (χ2v) is 5.98. The minimum absolute atomic E-state index is 0.407. The van der Waals surface area contributed by atoms with Gasteiger partial charge in [0.1, 0.15) is 5.75 Å². The fraction of sp³-hybridized carbons (Fsp3) is 0.0526. The molecule has 7 nitrogen and oxygen atoms in total. The molecule has 0 spiro atoms. The van der Waals surface area contributed by atoms with Gasteiger partial charge < -0.3 is 10.1 Å². The Morgan fingerprint density at radius 2 is 1.89 bits per heavy atom. The van der Waals surface area contributed by atoms with Gasteiger partial charge in [-0.25, -0.2) is 19.6 Å². The summed E-state index contributed by atoms with van der Waals surface area (Å²) in [7, 11) is 1.61. The zero-order valence-corrected chi connectivity index (χ0v) is 15.1. The monoisotopic (exact) mass is 378 g/mol. The lowest BCUT2D eigenvalue weighted by molar-refractivity contribution is 0.417. The van der Waals surface area contributed by atoms with Gasteiger partial charge in [0.05, 0.1) is 35.9 Å². The summed E-state index contributed by atoms with van der Waals surface area (Å²) in [5.41, 5.74) is 2.10. The van der Waals surface area contributed by atoms with Crippen molar-refractivity contribution < 1.29 is 4.74 Å². The largest absolute Gasteiger partial charge is 0.495 e. The highest BCUT2D eigenvalue weighted by Gasteiger charge is 2.12. The molecule has 3 heterocycles. The molecule has 0 saturated carbocycles. The van der Waals surface area contributed by atoms with Gasteiger partial charge in [-0.05, 0) is 24.3 Å². The molecule has 4 aromatic rings. The molecule has 0 aliphatic carbocycles. The van der Waals surface area contributed by atoms with Crippen molar-refractivity contribution in [3.05, 3.63) is 72.3 Å². The van der Waals surface area contributed by atoms with E-state index in [1.807, 2.05) is 48.7 Å². The summed E-state index contributed by atoms with van der Waals surface area (Å²) in [5, 5.41) is 7.93. The van der Waals surface area contributed by atoms with Crippen molar-refractivity contribution in [1.82, 2.24) is 24.7 Å². The van der Waals surface area contributed by atoms with Crippen LogP contribution < -0.4 is 10.1 Å². The molecule has 0 aliphatic heterocycles. The first kappa shape index (κ1) is 17.0. The normalized spacial score (nSPS) is 10.6. The maximum absolute atomic E-state index is 6.32. The lowest BCUT2D eigenvalue weighted by Crippen LogP contribution is -2.00. The number of pyridine rings is 1. The number of nitrogens with zero attached hydrogens (tertiary/aromatic N) is 5. The number of aromatic nitrogens is 5. The Morgan fingerprint density at radius 3 is 2.70 bits per heavy atom. The molecule has 3 aromatic heterocycles. The summed E-state index contributed by atoms with van der Waals surface area (Å²) in [6.45, 7) is 0. The third-order valence-electron chi connectivity index (χ3n) is 3.84. The van der Waals surface area contributed by atoms with E-state index in [2.05, 4.69) is 25.4 Å². The summed E-state index contributed by atoms with van der Waals surface area (Å²) in [6.07, 6.45) is 6.78. The van der Waals surface area contributed by atoms with Gasteiger partial charge in [0, 0.05) is 18.0 Å². The number of methoxy groups -OCH3 is 1. The Bertz CT molecular complexity index is 1070. The van der Waals surface area contributed by atoms with Crippen LogP contribution in [0.25, 0.3) is 17.1 Å². The second kappa shape index (κ2) is 7.43. The summed E-state index contributed by atoms with van der Waals surface area (Å²) in [6, 6.07) is 13.2. The molecular weight excluding hydrogens is 364 g/mol. The Morgan fingerprint density at radius 1 is 1.04 bits per heavy atom. The number of nitrogens with one attached hydrogen (secondary N) is 1. The van der Waals surface area contributed by atoms with E-state index in [9.17, 15) is 0 Å². The fourth-order valence-electron chi connectivity index (χ4n) is 2.56. The van der Waals surface area contributed by atoms with Crippen LogP contribution in [0.15, 0.2) is 67.3 Å². The smallest absolute Gasteiger partial charge is 0.227 e. The van der Waals surface area contributed by atoms with Gasteiger partial charge in [0.2, 0.25) is 5.95 Å². The number of hydrogen-bond donors (Lipinski definition) is 1. The SMILES string of the molecule is COc1ccccc1Nc1ncc(Cl)c(-c2cnn(-c3ccccn3)c2)n1. The van der Waals surface area contributed by atoms with E-state index >= 15 is 0 Å². The highest BCUT2D eigenvalue weighted by Crippen LogP contribution is 2.29. The number of halogens is 1. The number of rotatable bonds is 5. The topological polar surface area (TPSA) is 77.8 Å². The highest BCUT2D eigenvalue weighted by molar-refractivity contribution is 6.32. The first-order valence-corrected chi connectivity index (χ1v) is 8.51. The van der Waals surface area contributed by atoms with Crippen molar-refractivity contribution >= 4 is 23.2 Å². The third-order valence-corrected chi connectivity index (χ3v) is 4.11. The van der Waals surface area contributed by atoms with Crippen molar-refractivity contribution in [3.8, 4) is 22.8 Å². The van der Waals surface area contributed by atoms with Crippen molar-refractivity contribution in [2.45, 2.75) is 0 Å². The van der Waals surface area contributed by atoms with E-state index in [1.54, 1.807) is 30.4 Å². The Balaban J connectivity index is 1.66. The molecule has 0 aliphatic rings. The minimum Gasteiger partial charge on any atom is -0.495 e. The van der Waals surface area contributed by atoms with Crippen molar-refractivity contribution in [1.29, 1.82) is 0 Å². The Labute approximate surface area is 160 Å². The Hall–Kier alpha value is -3.45. The van der Waals surface area contributed by atoms with Crippen molar-refractivity contribution in [2.24, 2.45) is 0 Å². The molecule has 0 saturated heterocycles. The van der Waals surface area contributed by atoms with Crippen LogP contribution in [0.5, 0.6) is 5.75 Å². The van der Waals surface area contributed by atoms with Crippen LogP contribution in [-0.4, -0.2) is 31.8 Å². The first-order chi connectivity index (χ1) is 13.2. The quantitative estimate of drug-likeness (QED) is 0.562. The minimum atomic E-state index is 0.407. The lowest BCUT2D eigenvalue weighted by Gasteiger charge is -2.10. The van der Waals surface area contributed by atoms with E-state index < -0.39 is 0 Å². The summed E-state index contributed by atoms with van der Waals surface area (Å²) < 4.78 is 7.01. The summed E-state index contributed by atoms with van der Waals surface area (Å²) >= 11 is 6.32. The van der Waals surface area contributed by atoms with Gasteiger partial charge in [-0.3, -0.25) is 0 Å². The molecule has 0 bridgehead atoms. The number of ether oxygens (including phenoxy) is 1. The number of hydrogen-bond acceptors (Lipinski definition) is 6. The zero-order valence-electron chi connectivity index (χ0n) is 14.4. The predicted octanol–water partition coefficient (Wildman–Crippen LogP) is 4.13. The van der Waals surface area contributed by atoms with Crippen molar-refractivity contribution in [3.63, 3.8) is 0 Å². The van der Waals surface area contributed by atoms with Crippen LogP contribution in [0, 0.1) is 0 Å². The fourth-order valence-corrected chi connectivity index (χ4v) is 2.76. The first-order valence-electron chi connectivity index (χ1n) is 8.13. The van der Waals surface area contributed by atoms with E-state index in [1.165, 1.54) is 0 Å². The van der Waals surface area contributed by atoms with Gasteiger partial charge in [-0.2, -0.15) is 5.10 Å². The highest BCUT2D eigenvalue weighted by atomic mass is 35.5. The Kier molecular flexibility index (Phi) is 4.67. The number of anilines is 2. The van der Waals surface area contributed by atoms with Gasteiger partial charge in [0.15, 0.2) is 5.82 Å². The second-order valence-electron chi connectivity index (χ2n) is 5.58. The molecule has 27 heavy (non-hydrogen) atoms. The van der Waals surface area contributed by atoms with Crippen LogP contribution in [0.3, 0.4) is 0 Å². The molecule has 0 unspecified atom stereocenters. The lowest BCUT2D eigenvalue weighted by atomic mass is 10.2. The van der Waals surface area contributed by atoms with E-state index in [-0.39, 0.29) is 0 Å². The average Bonchev–Trinajstić information content (AvgIpc) is 3.20. The molecule has 0 fully saturated rings. The zero-order chi connectivity index (χ0) is 18.6. The van der Waals surface area contributed by atoms with Crippen LogP contribution in [-0.2, 0) is 0 Å². The molecule has 4 rings (SSSR count). The number of para-hydroxylation sites is 2. The molecule has 0 radical (unpaired) electrons. The summed E-state index contributed by atoms with van der Waals surface area (Å²) in [5.74, 6) is 1.81. The molecular formula is C19H15ClN6O. The molecule has 8 heteroatoms. The van der Waals surface area contributed by atoms with Crippen LogP contribution in [0.4, 0.5) is 11.6 Å². The molecule has 134 valence electrons. The van der Waals surface area contributed by atoms with E-state index in [0.29, 0.717) is 28.2 Å².